The van der Waals surface area contributed by atoms with E-state index in [0.717, 1.165) is 26.1 Å². The molecule has 3 heterocycles. The Balaban J connectivity index is 1.50. The van der Waals surface area contributed by atoms with Gasteiger partial charge in [-0.15, -0.1) is 11.3 Å². The summed E-state index contributed by atoms with van der Waals surface area (Å²) in [5, 5.41) is 5.19. The zero-order valence-corrected chi connectivity index (χ0v) is 16.5. The molecule has 1 aliphatic heterocycles. The van der Waals surface area contributed by atoms with Crippen molar-refractivity contribution in [1.82, 2.24) is 15.2 Å². The normalized spacial score (nSPS) is 17.6. The number of thiophene rings is 1. The van der Waals surface area contributed by atoms with E-state index in [2.05, 4.69) is 32.7 Å². The van der Waals surface area contributed by atoms with E-state index in [9.17, 15) is 4.79 Å². The van der Waals surface area contributed by atoms with Crippen LogP contribution in [0, 0.1) is 5.92 Å². The maximum absolute atomic E-state index is 12.6. The first-order chi connectivity index (χ1) is 13.3. The van der Waals surface area contributed by atoms with Gasteiger partial charge in [-0.1, -0.05) is 6.07 Å². The molecule has 0 aromatic carbocycles. The number of rotatable bonds is 9. The van der Waals surface area contributed by atoms with Crippen LogP contribution in [-0.2, 0) is 11.3 Å². The highest BCUT2D eigenvalue weighted by Gasteiger charge is 2.22. The zero-order valence-electron chi connectivity index (χ0n) is 15.7. The Hall–Kier alpha value is -1.96. The van der Waals surface area contributed by atoms with Crippen LogP contribution >= 0.6 is 11.3 Å². The average Bonchev–Trinajstić information content (AvgIpc) is 3.20. The highest BCUT2D eigenvalue weighted by atomic mass is 32.1. The lowest BCUT2D eigenvalue weighted by Gasteiger charge is -2.32. The number of methoxy groups -OCH3 is 1. The van der Waals surface area contributed by atoms with Gasteiger partial charge in [0.15, 0.2) is 0 Å². The molecule has 27 heavy (non-hydrogen) atoms. The summed E-state index contributed by atoms with van der Waals surface area (Å²) >= 11 is 1.80. The fourth-order valence-corrected chi connectivity index (χ4v) is 4.06. The van der Waals surface area contributed by atoms with Gasteiger partial charge in [0.05, 0.1) is 6.61 Å². The van der Waals surface area contributed by atoms with Crippen LogP contribution in [0.4, 0.5) is 0 Å². The molecule has 1 amide bonds. The third-order valence-electron chi connectivity index (χ3n) is 4.66. The number of ether oxygens (including phenoxy) is 2. The number of nitrogens with zero attached hydrogens (tertiary/aromatic N) is 2. The lowest BCUT2D eigenvalue weighted by atomic mass is 9.98. The largest absolute Gasteiger partial charge is 0.475 e. The van der Waals surface area contributed by atoms with Crippen molar-refractivity contribution in [2.45, 2.75) is 19.4 Å². The van der Waals surface area contributed by atoms with E-state index in [1.54, 1.807) is 36.8 Å². The predicted octanol–water partition coefficient (Wildman–Crippen LogP) is 2.81. The Bertz CT molecular complexity index is 708. The van der Waals surface area contributed by atoms with Crippen molar-refractivity contribution < 1.29 is 14.3 Å². The minimum absolute atomic E-state index is 0.133. The van der Waals surface area contributed by atoms with Crippen LogP contribution in [0.5, 0.6) is 5.88 Å². The minimum atomic E-state index is -0.133. The van der Waals surface area contributed by atoms with E-state index in [0.29, 0.717) is 37.1 Å². The van der Waals surface area contributed by atoms with Crippen molar-refractivity contribution in [1.29, 1.82) is 0 Å². The molecule has 0 bridgehead atoms. The molecule has 146 valence electrons. The number of carbonyl (C=O) groups excluding carboxylic acids is 1. The molecule has 1 fully saturated rings. The number of hydrogen-bond donors (Lipinski definition) is 1. The van der Waals surface area contributed by atoms with Gasteiger partial charge in [-0.25, -0.2) is 4.98 Å². The number of likely N-dealkylation sites (tertiary alicyclic amines) is 1. The van der Waals surface area contributed by atoms with E-state index in [-0.39, 0.29) is 5.91 Å². The van der Waals surface area contributed by atoms with Crippen LogP contribution in [0.15, 0.2) is 35.8 Å². The summed E-state index contributed by atoms with van der Waals surface area (Å²) in [7, 11) is 1.61. The molecule has 1 N–H and O–H groups in total. The molecule has 1 aliphatic rings. The van der Waals surface area contributed by atoms with Crippen LogP contribution in [0.1, 0.15) is 28.1 Å². The fraction of sp³-hybridized carbons (Fsp3) is 0.500. The lowest BCUT2D eigenvalue weighted by molar-refractivity contribution is 0.0921. The fourth-order valence-electron chi connectivity index (χ4n) is 3.32. The lowest BCUT2D eigenvalue weighted by Crippen LogP contribution is -2.40. The van der Waals surface area contributed by atoms with Crippen molar-refractivity contribution in [3.63, 3.8) is 0 Å². The molecule has 0 aliphatic carbocycles. The Morgan fingerprint density at radius 1 is 1.37 bits per heavy atom. The Morgan fingerprint density at radius 2 is 2.30 bits per heavy atom. The highest BCUT2D eigenvalue weighted by Crippen LogP contribution is 2.20. The Kier molecular flexibility index (Phi) is 7.62. The van der Waals surface area contributed by atoms with Gasteiger partial charge in [-0.2, -0.15) is 0 Å². The second kappa shape index (κ2) is 10.4. The van der Waals surface area contributed by atoms with Crippen LogP contribution in [-0.4, -0.2) is 55.7 Å². The van der Waals surface area contributed by atoms with Gasteiger partial charge in [0, 0.05) is 37.8 Å². The second-order valence-electron chi connectivity index (χ2n) is 6.73. The summed E-state index contributed by atoms with van der Waals surface area (Å²) < 4.78 is 10.5. The predicted molar refractivity (Wildman–Crippen MR) is 106 cm³/mol. The van der Waals surface area contributed by atoms with Crippen molar-refractivity contribution in [2.75, 3.05) is 40.0 Å². The number of pyridine rings is 1. The molecule has 7 heteroatoms. The number of nitrogens with one attached hydrogen (secondary N) is 1. The van der Waals surface area contributed by atoms with Crippen molar-refractivity contribution in [3.05, 3.63) is 46.3 Å². The molecule has 1 saturated heterocycles. The standard InChI is InChI=1S/C20H27N3O3S/c1-25-10-11-26-20-18(7-2-8-21-20)19(24)22-13-16-5-3-9-23(14-16)15-17-6-4-12-27-17/h2,4,6-8,12,16H,3,5,9-11,13-15H2,1H3,(H,22,24). The minimum Gasteiger partial charge on any atom is -0.475 e. The zero-order chi connectivity index (χ0) is 18.9. The van der Waals surface area contributed by atoms with Gasteiger partial charge in [-0.05, 0) is 48.9 Å². The first-order valence-corrected chi connectivity index (χ1v) is 10.2. The van der Waals surface area contributed by atoms with Gasteiger partial charge in [-0.3, -0.25) is 9.69 Å². The molecule has 6 nitrogen and oxygen atoms in total. The van der Waals surface area contributed by atoms with E-state index in [4.69, 9.17) is 9.47 Å². The van der Waals surface area contributed by atoms with Crippen LogP contribution in [0.25, 0.3) is 0 Å². The average molecular weight is 390 g/mol. The summed E-state index contributed by atoms with van der Waals surface area (Å²) in [5.41, 5.74) is 0.472. The summed E-state index contributed by atoms with van der Waals surface area (Å²) in [6.45, 7) is 4.65. The summed E-state index contributed by atoms with van der Waals surface area (Å²) in [6, 6.07) is 7.78. The SMILES string of the molecule is COCCOc1ncccc1C(=O)NCC1CCCN(Cc2cccs2)C1. The molecule has 0 saturated carbocycles. The molecule has 3 rings (SSSR count). The smallest absolute Gasteiger partial charge is 0.256 e. The first-order valence-electron chi connectivity index (χ1n) is 9.36. The van der Waals surface area contributed by atoms with E-state index >= 15 is 0 Å². The van der Waals surface area contributed by atoms with Crippen LogP contribution in [0.3, 0.4) is 0 Å². The molecule has 2 aromatic heterocycles. The van der Waals surface area contributed by atoms with Crippen molar-refractivity contribution in [3.8, 4) is 5.88 Å². The van der Waals surface area contributed by atoms with E-state index in [1.165, 1.54) is 11.3 Å². The van der Waals surface area contributed by atoms with Crippen molar-refractivity contribution in [2.24, 2.45) is 5.92 Å². The molecular formula is C20H27N3O3S. The van der Waals surface area contributed by atoms with Gasteiger partial charge in [0.25, 0.3) is 5.91 Å². The Labute approximate surface area is 164 Å². The maximum atomic E-state index is 12.6. The topological polar surface area (TPSA) is 63.7 Å². The number of carbonyl (C=O) groups is 1. The van der Waals surface area contributed by atoms with Gasteiger partial charge in [0.1, 0.15) is 12.2 Å². The van der Waals surface area contributed by atoms with E-state index < -0.39 is 0 Å². The molecule has 2 aromatic rings. The molecule has 1 unspecified atom stereocenters. The monoisotopic (exact) mass is 389 g/mol. The number of aromatic nitrogens is 1. The van der Waals surface area contributed by atoms with Crippen molar-refractivity contribution >= 4 is 17.2 Å². The molecular weight excluding hydrogens is 362 g/mol. The molecule has 1 atom stereocenters. The highest BCUT2D eigenvalue weighted by molar-refractivity contribution is 7.09. The number of amides is 1. The first kappa shape index (κ1) is 19.8. The molecule has 0 spiro atoms. The summed E-state index contributed by atoms with van der Waals surface area (Å²) in [5.74, 6) is 0.693. The number of hydrogen-bond acceptors (Lipinski definition) is 6. The van der Waals surface area contributed by atoms with E-state index in [1.807, 2.05) is 0 Å². The van der Waals surface area contributed by atoms with Crippen LogP contribution in [0.2, 0.25) is 0 Å². The third kappa shape index (κ3) is 6.02. The summed E-state index contributed by atoms with van der Waals surface area (Å²) in [6.07, 6.45) is 3.94. The third-order valence-corrected chi connectivity index (χ3v) is 5.52. The van der Waals surface area contributed by atoms with Crippen LogP contribution < -0.4 is 10.1 Å². The van der Waals surface area contributed by atoms with Gasteiger partial charge in [0.2, 0.25) is 5.88 Å². The maximum Gasteiger partial charge on any atom is 0.256 e. The van der Waals surface area contributed by atoms with Gasteiger partial charge >= 0.3 is 0 Å². The second-order valence-corrected chi connectivity index (χ2v) is 7.76. The molecule has 0 radical (unpaired) electrons. The quantitative estimate of drug-likeness (QED) is 0.668. The Morgan fingerprint density at radius 3 is 3.11 bits per heavy atom. The summed E-state index contributed by atoms with van der Waals surface area (Å²) in [4.78, 5) is 20.7. The van der Waals surface area contributed by atoms with Gasteiger partial charge < -0.3 is 14.8 Å². The number of piperidine rings is 1.